The van der Waals surface area contributed by atoms with Crippen molar-refractivity contribution in [2.24, 2.45) is 0 Å². The molecule has 0 unspecified atom stereocenters. The number of ether oxygens (including phenoxy) is 2. The van der Waals surface area contributed by atoms with Crippen LogP contribution in [0.1, 0.15) is 41.8 Å². The quantitative estimate of drug-likeness (QED) is 0.799. The molecule has 2 rings (SSSR count). The van der Waals surface area contributed by atoms with Gasteiger partial charge >= 0.3 is 0 Å². The van der Waals surface area contributed by atoms with E-state index >= 15 is 0 Å². The Hall–Kier alpha value is -2.49. The molecule has 0 aliphatic carbocycles. The second kappa shape index (κ2) is 8.39. The van der Waals surface area contributed by atoms with Gasteiger partial charge in [0, 0.05) is 11.3 Å². The molecule has 4 nitrogen and oxygen atoms in total. The van der Waals surface area contributed by atoms with Crippen LogP contribution in [-0.4, -0.2) is 19.1 Å². The van der Waals surface area contributed by atoms with Gasteiger partial charge in [-0.2, -0.15) is 0 Å². The number of anilines is 1. The third-order valence-corrected chi connectivity index (χ3v) is 3.61. The number of hydrogen-bond acceptors (Lipinski definition) is 3. The number of rotatable bonds is 7. The van der Waals surface area contributed by atoms with Gasteiger partial charge in [0.15, 0.2) is 11.5 Å². The van der Waals surface area contributed by atoms with Crippen molar-refractivity contribution >= 4 is 11.6 Å². The maximum Gasteiger partial charge on any atom is 0.255 e. The van der Waals surface area contributed by atoms with Gasteiger partial charge in [-0.1, -0.05) is 19.1 Å². The molecular formula is C20H25NO3. The Morgan fingerprint density at radius 3 is 2.50 bits per heavy atom. The van der Waals surface area contributed by atoms with Crippen molar-refractivity contribution in [1.82, 2.24) is 0 Å². The number of carbonyl (C=O) groups is 1. The van der Waals surface area contributed by atoms with Gasteiger partial charge in [-0.05, 0) is 62.6 Å². The Morgan fingerprint density at radius 1 is 1.00 bits per heavy atom. The number of hydrogen-bond donors (Lipinski definition) is 1. The highest BCUT2D eigenvalue weighted by molar-refractivity contribution is 6.05. The molecule has 0 atom stereocenters. The predicted molar refractivity (Wildman–Crippen MR) is 97.3 cm³/mol. The summed E-state index contributed by atoms with van der Waals surface area (Å²) in [4.78, 5) is 12.6. The molecule has 0 saturated carbocycles. The minimum atomic E-state index is -0.160. The predicted octanol–water partition coefficient (Wildman–Crippen LogP) is 4.74. The molecule has 0 aromatic heterocycles. The molecular weight excluding hydrogens is 302 g/mol. The molecule has 0 heterocycles. The van der Waals surface area contributed by atoms with Crippen molar-refractivity contribution in [3.63, 3.8) is 0 Å². The van der Waals surface area contributed by atoms with Crippen LogP contribution in [0.25, 0.3) is 0 Å². The maximum absolute atomic E-state index is 12.6. The summed E-state index contributed by atoms with van der Waals surface area (Å²) in [5.41, 5.74) is 3.50. The third-order valence-electron chi connectivity index (χ3n) is 3.61. The lowest BCUT2D eigenvalue weighted by molar-refractivity contribution is 0.102. The van der Waals surface area contributed by atoms with Gasteiger partial charge in [0.1, 0.15) is 0 Å². The average molecular weight is 327 g/mol. The highest BCUT2D eigenvalue weighted by atomic mass is 16.5. The summed E-state index contributed by atoms with van der Waals surface area (Å²) >= 11 is 0. The zero-order valence-corrected chi connectivity index (χ0v) is 14.8. The smallest absolute Gasteiger partial charge is 0.255 e. The van der Waals surface area contributed by atoms with Crippen LogP contribution in [0.15, 0.2) is 36.4 Å². The van der Waals surface area contributed by atoms with Gasteiger partial charge in [0.2, 0.25) is 0 Å². The fourth-order valence-corrected chi connectivity index (χ4v) is 2.31. The molecule has 0 radical (unpaired) electrons. The Bertz CT molecular complexity index is 710. The van der Waals surface area contributed by atoms with Gasteiger partial charge in [0.05, 0.1) is 13.2 Å². The van der Waals surface area contributed by atoms with E-state index in [9.17, 15) is 4.79 Å². The summed E-state index contributed by atoms with van der Waals surface area (Å²) in [7, 11) is 0. The standard InChI is InChI=1S/C20H25NO3/c1-5-11-24-18-10-9-16(13-19(18)23-6-2)20(22)21-17-12-14(3)7-8-15(17)4/h7-10,12-13H,5-6,11H2,1-4H3,(H,21,22). The van der Waals surface area contributed by atoms with E-state index in [4.69, 9.17) is 9.47 Å². The van der Waals surface area contributed by atoms with Crippen LogP contribution in [0.4, 0.5) is 5.69 Å². The molecule has 24 heavy (non-hydrogen) atoms. The van der Waals surface area contributed by atoms with Crippen LogP contribution < -0.4 is 14.8 Å². The number of amides is 1. The first-order valence-electron chi connectivity index (χ1n) is 8.33. The van der Waals surface area contributed by atoms with E-state index in [1.54, 1.807) is 18.2 Å². The number of benzene rings is 2. The van der Waals surface area contributed by atoms with Gasteiger partial charge in [-0.25, -0.2) is 0 Å². The fourth-order valence-electron chi connectivity index (χ4n) is 2.31. The lowest BCUT2D eigenvalue weighted by Crippen LogP contribution is -2.13. The molecule has 128 valence electrons. The first kappa shape index (κ1) is 17.9. The normalized spacial score (nSPS) is 10.3. The Balaban J connectivity index is 2.22. The van der Waals surface area contributed by atoms with Crippen LogP contribution in [0, 0.1) is 13.8 Å². The summed E-state index contributed by atoms with van der Waals surface area (Å²) in [5.74, 6) is 1.10. The van der Waals surface area contributed by atoms with E-state index < -0.39 is 0 Å². The zero-order valence-electron chi connectivity index (χ0n) is 14.8. The van der Waals surface area contributed by atoms with Crippen molar-refractivity contribution in [1.29, 1.82) is 0 Å². The van der Waals surface area contributed by atoms with Crippen molar-refractivity contribution in [3.8, 4) is 11.5 Å². The van der Waals surface area contributed by atoms with E-state index in [1.807, 2.05) is 45.9 Å². The van der Waals surface area contributed by atoms with Crippen molar-refractivity contribution in [3.05, 3.63) is 53.1 Å². The molecule has 1 amide bonds. The maximum atomic E-state index is 12.6. The molecule has 0 fully saturated rings. The van der Waals surface area contributed by atoms with Crippen LogP contribution in [0.2, 0.25) is 0 Å². The number of aryl methyl sites for hydroxylation is 2. The summed E-state index contributed by atoms with van der Waals surface area (Å²) < 4.78 is 11.3. The first-order chi connectivity index (χ1) is 11.5. The largest absolute Gasteiger partial charge is 0.490 e. The third kappa shape index (κ3) is 4.51. The summed E-state index contributed by atoms with van der Waals surface area (Å²) in [6, 6.07) is 11.3. The second-order valence-electron chi connectivity index (χ2n) is 5.72. The van der Waals surface area contributed by atoms with E-state index in [-0.39, 0.29) is 5.91 Å². The Labute approximate surface area is 143 Å². The fraction of sp³-hybridized carbons (Fsp3) is 0.350. The molecule has 4 heteroatoms. The number of carbonyl (C=O) groups excluding carboxylic acids is 1. The monoisotopic (exact) mass is 327 g/mol. The lowest BCUT2D eigenvalue weighted by Gasteiger charge is -2.14. The van der Waals surface area contributed by atoms with Gasteiger partial charge < -0.3 is 14.8 Å². The molecule has 0 saturated heterocycles. The first-order valence-corrected chi connectivity index (χ1v) is 8.33. The Morgan fingerprint density at radius 2 is 1.79 bits per heavy atom. The average Bonchev–Trinajstić information content (AvgIpc) is 2.57. The minimum Gasteiger partial charge on any atom is -0.490 e. The highest BCUT2D eigenvalue weighted by Gasteiger charge is 2.13. The molecule has 2 aromatic rings. The van der Waals surface area contributed by atoms with Crippen LogP contribution in [0.3, 0.4) is 0 Å². The van der Waals surface area contributed by atoms with E-state index in [1.165, 1.54) is 0 Å². The van der Waals surface area contributed by atoms with Crippen molar-refractivity contribution < 1.29 is 14.3 Å². The number of nitrogens with one attached hydrogen (secondary N) is 1. The summed E-state index contributed by atoms with van der Waals surface area (Å²) in [6.07, 6.45) is 0.917. The van der Waals surface area contributed by atoms with Crippen LogP contribution >= 0.6 is 0 Å². The van der Waals surface area contributed by atoms with Crippen molar-refractivity contribution in [2.75, 3.05) is 18.5 Å². The van der Waals surface area contributed by atoms with E-state index in [0.717, 1.165) is 23.2 Å². The topological polar surface area (TPSA) is 47.6 Å². The molecule has 0 aliphatic rings. The molecule has 2 aromatic carbocycles. The van der Waals surface area contributed by atoms with Crippen molar-refractivity contribution in [2.45, 2.75) is 34.1 Å². The molecule has 0 bridgehead atoms. The summed E-state index contributed by atoms with van der Waals surface area (Å²) in [5, 5.41) is 2.96. The SMILES string of the molecule is CCCOc1ccc(C(=O)Nc2cc(C)ccc2C)cc1OCC. The summed E-state index contributed by atoms with van der Waals surface area (Å²) in [6.45, 7) is 9.07. The lowest BCUT2D eigenvalue weighted by atomic mass is 10.1. The highest BCUT2D eigenvalue weighted by Crippen LogP contribution is 2.29. The van der Waals surface area contributed by atoms with Gasteiger partial charge in [-0.3, -0.25) is 4.79 Å². The van der Waals surface area contributed by atoms with Crippen LogP contribution in [-0.2, 0) is 0 Å². The molecule has 1 N–H and O–H groups in total. The molecule has 0 aliphatic heterocycles. The Kier molecular flexibility index (Phi) is 6.24. The molecule has 0 spiro atoms. The zero-order chi connectivity index (χ0) is 17.5. The second-order valence-corrected chi connectivity index (χ2v) is 5.72. The minimum absolute atomic E-state index is 0.160. The van der Waals surface area contributed by atoms with Gasteiger partial charge in [-0.15, -0.1) is 0 Å². The van der Waals surface area contributed by atoms with Gasteiger partial charge in [0.25, 0.3) is 5.91 Å². The van der Waals surface area contributed by atoms with E-state index in [2.05, 4.69) is 5.32 Å². The van der Waals surface area contributed by atoms with Crippen LogP contribution in [0.5, 0.6) is 11.5 Å². The van der Waals surface area contributed by atoms with E-state index in [0.29, 0.717) is 30.3 Å².